The summed E-state index contributed by atoms with van der Waals surface area (Å²) in [5.74, 6) is -0.190. The summed E-state index contributed by atoms with van der Waals surface area (Å²) in [6.45, 7) is 4.70. The molecule has 0 radical (unpaired) electrons. The highest BCUT2D eigenvalue weighted by atomic mass is 31.2. The number of allylic oxidation sites excluding steroid dienone is 1. The summed E-state index contributed by atoms with van der Waals surface area (Å²) >= 11 is 0. The number of carbonyl (C=O) groups excluding carboxylic acids is 1. The Kier molecular flexibility index (Phi) is 50.6. The van der Waals surface area contributed by atoms with Crippen LogP contribution < -0.4 is 10.2 Å². The van der Waals surface area contributed by atoms with Gasteiger partial charge in [0.2, 0.25) is 5.91 Å². The number of aliphatic hydroxyl groups excluding tert-OH is 1. The van der Waals surface area contributed by atoms with E-state index < -0.39 is 20.0 Å². The summed E-state index contributed by atoms with van der Waals surface area (Å²) in [5, 5.41) is 13.9. The second-order valence-corrected chi connectivity index (χ2v) is 23.5. The summed E-state index contributed by atoms with van der Waals surface area (Å²) in [6, 6.07) is -0.882. The Morgan fingerprint density at radius 3 is 1.10 bits per heavy atom. The fourth-order valence-electron chi connectivity index (χ4n) is 9.27. The first-order valence-corrected chi connectivity index (χ1v) is 31.5. The number of quaternary nitrogens is 1. The first-order chi connectivity index (χ1) is 33.0. The second kappa shape index (κ2) is 51.2. The predicted octanol–water partition coefficient (Wildman–Crippen LogP) is 17.6. The van der Waals surface area contributed by atoms with Crippen LogP contribution in [0.5, 0.6) is 0 Å². The highest BCUT2D eigenvalue weighted by Crippen LogP contribution is 2.38. The third-order valence-corrected chi connectivity index (χ3v) is 15.0. The van der Waals surface area contributed by atoms with Gasteiger partial charge in [-0.05, 0) is 19.3 Å². The Hall–Kier alpha value is -0.760. The molecule has 0 aliphatic heterocycles. The van der Waals surface area contributed by atoms with Crippen molar-refractivity contribution in [2.24, 2.45) is 0 Å². The second-order valence-electron chi connectivity index (χ2n) is 22.1. The summed E-state index contributed by atoms with van der Waals surface area (Å²) < 4.78 is 23.4. The van der Waals surface area contributed by atoms with Crippen molar-refractivity contribution in [2.45, 2.75) is 321 Å². The predicted molar refractivity (Wildman–Crippen MR) is 293 cm³/mol. The molecule has 0 aromatic rings. The number of carbonyl (C=O) groups is 1. The number of amides is 1. The van der Waals surface area contributed by atoms with Gasteiger partial charge < -0.3 is 28.8 Å². The smallest absolute Gasteiger partial charge is 0.268 e. The van der Waals surface area contributed by atoms with Crippen LogP contribution in [0.2, 0.25) is 0 Å². The monoisotopic (exact) mass is 983 g/mol. The van der Waals surface area contributed by atoms with Crippen LogP contribution in [-0.2, 0) is 18.4 Å². The fraction of sp³-hybridized carbons (Fsp3) is 0.949. The zero-order valence-electron chi connectivity index (χ0n) is 46.3. The third kappa shape index (κ3) is 53.0. The Balaban J connectivity index is 4.10. The lowest BCUT2D eigenvalue weighted by atomic mass is 10.0. The molecule has 2 N–H and O–H groups in total. The summed E-state index contributed by atoms with van der Waals surface area (Å²) in [6.07, 6.45) is 63.0. The molecular formula is C59H119N2O6P. The van der Waals surface area contributed by atoms with Crippen molar-refractivity contribution >= 4 is 13.7 Å². The molecule has 1 amide bonds. The molecule has 0 saturated heterocycles. The molecule has 0 saturated carbocycles. The molecule has 0 spiro atoms. The van der Waals surface area contributed by atoms with Gasteiger partial charge in [-0.3, -0.25) is 9.36 Å². The minimum atomic E-state index is -4.59. The molecular weight excluding hydrogens is 864 g/mol. The molecule has 0 aliphatic rings. The minimum absolute atomic E-state index is 0.00270. The van der Waals surface area contributed by atoms with Gasteiger partial charge in [-0.25, -0.2) is 0 Å². The molecule has 0 aliphatic carbocycles. The van der Waals surface area contributed by atoms with E-state index in [1.165, 1.54) is 250 Å². The van der Waals surface area contributed by atoms with Crippen LogP contribution in [0.25, 0.3) is 0 Å². The normalized spacial score (nSPS) is 13.9. The van der Waals surface area contributed by atoms with Crippen molar-refractivity contribution in [1.82, 2.24) is 5.32 Å². The average molecular weight is 984 g/mol. The summed E-state index contributed by atoms with van der Waals surface area (Å²) in [5.41, 5.74) is 0. The number of phosphoric ester groups is 1. The molecule has 0 rings (SSSR count). The van der Waals surface area contributed by atoms with Crippen LogP contribution >= 0.6 is 7.82 Å². The van der Waals surface area contributed by atoms with Crippen LogP contribution in [0.15, 0.2) is 12.2 Å². The number of rotatable bonds is 56. The van der Waals surface area contributed by atoms with E-state index >= 15 is 0 Å². The van der Waals surface area contributed by atoms with Crippen molar-refractivity contribution < 1.29 is 32.9 Å². The van der Waals surface area contributed by atoms with Crippen LogP contribution in [0.4, 0.5) is 0 Å². The molecule has 406 valence electrons. The summed E-state index contributed by atoms with van der Waals surface area (Å²) in [7, 11) is 1.28. The number of aliphatic hydroxyl groups is 1. The number of unbranched alkanes of at least 4 members (excludes halogenated alkanes) is 43. The van der Waals surface area contributed by atoms with E-state index in [2.05, 4.69) is 19.2 Å². The van der Waals surface area contributed by atoms with E-state index in [1.807, 2.05) is 27.2 Å². The molecule has 9 heteroatoms. The van der Waals surface area contributed by atoms with E-state index in [-0.39, 0.29) is 19.1 Å². The quantitative estimate of drug-likeness (QED) is 0.0272. The van der Waals surface area contributed by atoms with Crippen LogP contribution in [0.3, 0.4) is 0 Å². The Bertz CT molecular complexity index is 1120. The maximum atomic E-state index is 13.0. The topological polar surface area (TPSA) is 108 Å². The van der Waals surface area contributed by atoms with Crippen molar-refractivity contribution in [3.05, 3.63) is 12.2 Å². The first kappa shape index (κ1) is 67.2. The zero-order valence-corrected chi connectivity index (χ0v) is 47.2. The molecule has 0 aromatic heterocycles. The number of nitrogens with one attached hydrogen (secondary N) is 1. The van der Waals surface area contributed by atoms with E-state index in [4.69, 9.17) is 9.05 Å². The Morgan fingerprint density at radius 2 is 0.794 bits per heavy atom. The maximum Gasteiger partial charge on any atom is 0.268 e. The standard InChI is InChI=1S/C59H119N2O6P/c1-6-8-10-12-14-16-18-20-22-24-25-26-27-28-29-30-31-32-33-34-35-37-38-40-42-44-46-48-50-52-58(62)57(56-67-68(64,65)66-55-54-61(3,4)5)60-59(63)53-51-49-47-45-43-41-39-36-23-21-19-17-15-13-11-9-7-2/h50,52,57-58,62H,6-49,51,53-56H2,1-5H3,(H-,60,63,64,65)/b52-50+. The molecule has 3 atom stereocenters. The van der Waals surface area contributed by atoms with Crippen molar-refractivity contribution in [1.29, 1.82) is 0 Å². The van der Waals surface area contributed by atoms with Crippen molar-refractivity contribution in [3.63, 3.8) is 0 Å². The van der Waals surface area contributed by atoms with Gasteiger partial charge in [0.05, 0.1) is 39.9 Å². The number of likely N-dealkylation sites (N-methyl/N-ethyl adjacent to an activating group) is 1. The maximum absolute atomic E-state index is 13.0. The van der Waals surface area contributed by atoms with Crippen LogP contribution in [-0.4, -0.2) is 68.5 Å². The van der Waals surface area contributed by atoms with Gasteiger partial charge in [0, 0.05) is 6.42 Å². The Labute approximate surface area is 424 Å². The molecule has 8 nitrogen and oxygen atoms in total. The highest BCUT2D eigenvalue weighted by molar-refractivity contribution is 7.45. The number of nitrogens with zero attached hydrogens (tertiary/aromatic N) is 1. The number of phosphoric acid groups is 1. The van der Waals surface area contributed by atoms with E-state index in [9.17, 15) is 19.4 Å². The van der Waals surface area contributed by atoms with Gasteiger partial charge in [-0.1, -0.05) is 296 Å². The molecule has 0 heterocycles. The molecule has 0 bridgehead atoms. The van der Waals surface area contributed by atoms with Gasteiger partial charge >= 0.3 is 0 Å². The average Bonchev–Trinajstić information content (AvgIpc) is 3.30. The van der Waals surface area contributed by atoms with E-state index in [1.54, 1.807) is 6.08 Å². The van der Waals surface area contributed by atoms with Gasteiger partial charge in [0.25, 0.3) is 7.82 Å². The molecule has 68 heavy (non-hydrogen) atoms. The van der Waals surface area contributed by atoms with Gasteiger partial charge in [-0.15, -0.1) is 0 Å². The van der Waals surface area contributed by atoms with E-state index in [0.29, 0.717) is 17.4 Å². The molecule has 0 aromatic carbocycles. The first-order valence-electron chi connectivity index (χ1n) is 30.1. The highest BCUT2D eigenvalue weighted by Gasteiger charge is 2.23. The minimum Gasteiger partial charge on any atom is -0.756 e. The lowest BCUT2D eigenvalue weighted by Crippen LogP contribution is -2.45. The third-order valence-electron chi connectivity index (χ3n) is 14.0. The van der Waals surface area contributed by atoms with Crippen LogP contribution in [0.1, 0.15) is 309 Å². The van der Waals surface area contributed by atoms with Crippen LogP contribution in [0, 0.1) is 0 Å². The SMILES string of the molecule is CCCCCCCCCCCCCCCCCCCCCCCCCCCCC/C=C/C(O)C(COP(=O)([O-])OCC[N+](C)(C)C)NC(=O)CCCCCCCCCCCCCCCCCCC. The van der Waals surface area contributed by atoms with Gasteiger partial charge in [-0.2, -0.15) is 0 Å². The van der Waals surface area contributed by atoms with Crippen molar-refractivity contribution in [3.8, 4) is 0 Å². The zero-order chi connectivity index (χ0) is 49.9. The number of hydrogen-bond donors (Lipinski definition) is 2. The Morgan fingerprint density at radius 1 is 0.500 bits per heavy atom. The lowest BCUT2D eigenvalue weighted by Gasteiger charge is -2.29. The molecule has 0 fully saturated rings. The largest absolute Gasteiger partial charge is 0.756 e. The van der Waals surface area contributed by atoms with E-state index in [0.717, 1.165) is 38.5 Å². The fourth-order valence-corrected chi connectivity index (χ4v) is 10.00. The van der Waals surface area contributed by atoms with Gasteiger partial charge in [0.1, 0.15) is 13.2 Å². The van der Waals surface area contributed by atoms with Gasteiger partial charge in [0.15, 0.2) is 0 Å². The lowest BCUT2D eigenvalue weighted by molar-refractivity contribution is -0.870. The number of hydrogen-bond acceptors (Lipinski definition) is 6. The summed E-state index contributed by atoms with van der Waals surface area (Å²) in [4.78, 5) is 25.5. The molecule has 3 unspecified atom stereocenters. The van der Waals surface area contributed by atoms with Crippen molar-refractivity contribution in [2.75, 3.05) is 40.9 Å².